The topological polar surface area (TPSA) is 105 Å². The second kappa shape index (κ2) is 8.53. The van der Waals surface area contributed by atoms with Crippen molar-refractivity contribution < 1.29 is 19.1 Å². The summed E-state index contributed by atoms with van der Waals surface area (Å²) in [6.45, 7) is 5.01. The molecular formula is C18H28N4O4. The molecule has 3 atom stereocenters. The van der Waals surface area contributed by atoms with Gasteiger partial charge in [0.1, 0.15) is 6.10 Å². The summed E-state index contributed by atoms with van der Waals surface area (Å²) in [6.07, 6.45) is 3.83. The fourth-order valence-corrected chi connectivity index (χ4v) is 3.54. The van der Waals surface area contributed by atoms with Crippen LogP contribution >= 0.6 is 0 Å². The Bertz CT molecular complexity index is 624. The van der Waals surface area contributed by atoms with E-state index in [2.05, 4.69) is 20.8 Å². The van der Waals surface area contributed by atoms with Crippen molar-refractivity contribution in [3.8, 4) is 0 Å². The third-order valence-corrected chi connectivity index (χ3v) is 4.88. The second-order valence-electron chi connectivity index (χ2n) is 7.45. The first-order chi connectivity index (χ1) is 12.5. The normalized spacial score (nSPS) is 25.9. The number of amides is 2. The maximum Gasteiger partial charge on any atom is 0.407 e. The number of anilines is 1. The zero-order valence-electron chi connectivity index (χ0n) is 15.4. The minimum Gasteiger partial charge on any atom is -0.446 e. The quantitative estimate of drug-likeness (QED) is 0.745. The SMILES string of the molecule is CC(C)NC(=O)OC1CCC(c2cc(NC(=O)C3CCCOC3)n[nH]2)C1. The van der Waals surface area contributed by atoms with Gasteiger partial charge in [0.15, 0.2) is 5.82 Å². The molecule has 0 spiro atoms. The molecule has 0 aromatic carbocycles. The first-order valence-corrected chi connectivity index (χ1v) is 9.42. The largest absolute Gasteiger partial charge is 0.446 e. The smallest absolute Gasteiger partial charge is 0.407 e. The number of nitrogens with zero attached hydrogens (tertiary/aromatic N) is 1. The molecule has 2 heterocycles. The van der Waals surface area contributed by atoms with E-state index in [1.165, 1.54) is 0 Å². The fourth-order valence-electron chi connectivity index (χ4n) is 3.54. The van der Waals surface area contributed by atoms with E-state index in [4.69, 9.17) is 9.47 Å². The molecule has 1 aromatic rings. The molecule has 1 aliphatic carbocycles. The third-order valence-electron chi connectivity index (χ3n) is 4.88. The number of hydrogen-bond acceptors (Lipinski definition) is 5. The lowest BCUT2D eigenvalue weighted by atomic mass is 10.0. The van der Waals surface area contributed by atoms with Gasteiger partial charge < -0.3 is 20.1 Å². The van der Waals surface area contributed by atoms with Gasteiger partial charge in [-0.15, -0.1) is 0 Å². The van der Waals surface area contributed by atoms with E-state index in [1.807, 2.05) is 19.9 Å². The summed E-state index contributed by atoms with van der Waals surface area (Å²) in [4.78, 5) is 24.0. The lowest BCUT2D eigenvalue weighted by molar-refractivity contribution is -0.123. The molecule has 144 valence electrons. The van der Waals surface area contributed by atoms with Crippen molar-refractivity contribution in [1.82, 2.24) is 15.5 Å². The van der Waals surface area contributed by atoms with Crippen molar-refractivity contribution in [1.29, 1.82) is 0 Å². The third kappa shape index (κ3) is 4.97. The molecule has 8 heteroatoms. The Morgan fingerprint density at radius 2 is 2.19 bits per heavy atom. The van der Waals surface area contributed by atoms with Crippen molar-refractivity contribution in [2.75, 3.05) is 18.5 Å². The van der Waals surface area contributed by atoms with Crippen LogP contribution in [-0.2, 0) is 14.3 Å². The van der Waals surface area contributed by atoms with Crippen LogP contribution in [-0.4, -0.2) is 47.6 Å². The molecule has 3 unspecified atom stereocenters. The molecular weight excluding hydrogens is 336 g/mol. The first-order valence-electron chi connectivity index (χ1n) is 9.42. The molecule has 3 N–H and O–H groups in total. The van der Waals surface area contributed by atoms with E-state index in [0.717, 1.165) is 44.4 Å². The van der Waals surface area contributed by atoms with Crippen molar-refractivity contribution >= 4 is 17.8 Å². The Balaban J connectivity index is 1.49. The van der Waals surface area contributed by atoms with E-state index in [1.54, 1.807) is 0 Å². The van der Waals surface area contributed by atoms with E-state index < -0.39 is 0 Å². The minimum absolute atomic E-state index is 0.0410. The van der Waals surface area contributed by atoms with E-state index in [-0.39, 0.29) is 36.0 Å². The zero-order chi connectivity index (χ0) is 18.5. The summed E-state index contributed by atoms with van der Waals surface area (Å²) in [7, 11) is 0. The Morgan fingerprint density at radius 1 is 1.35 bits per heavy atom. The standard InChI is InChI=1S/C18H28N4O4/c1-11(2)19-18(24)26-14-6-5-12(8-14)15-9-16(22-21-15)20-17(23)13-4-3-7-25-10-13/h9,11-14H,3-8,10H2,1-2H3,(H,19,24)(H2,20,21,22,23). The van der Waals surface area contributed by atoms with Crippen molar-refractivity contribution in [3.63, 3.8) is 0 Å². The molecule has 0 bridgehead atoms. The van der Waals surface area contributed by atoms with E-state index in [9.17, 15) is 9.59 Å². The van der Waals surface area contributed by atoms with E-state index in [0.29, 0.717) is 12.4 Å². The van der Waals surface area contributed by atoms with Gasteiger partial charge >= 0.3 is 6.09 Å². The molecule has 1 saturated heterocycles. The van der Waals surface area contributed by atoms with Crippen LogP contribution in [0.25, 0.3) is 0 Å². The monoisotopic (exact) mass is 364 g/mol. The van der Waals surface area contributed by atoms with Crippen LogP contribution in [0.5, 0.6) is 0 Å². The van der Waals surface area contributed by atoms with Gasteiger partial charge in [-0.3, -0.25) is 9.89 Å². The molecule has 2 amide bonds. The number of hydrogen-bond donors (Lipinski definition) is 3. The van der Waals surface area contributed by atoms with Gasteiger partial charge in [0, 0.05) is 30.3 Å². The number of H-pyrrole nitrogens is 1. The Kier molecular flexibility index (Phi) is 6.13. The molecule has 8 nitrogen and oxygen atoms in total. The highest BCUT2D eigenvalue weighted by molar-refractivity contribution is 5.91. The maximum atomic E-state index is 12.2. The Hall–Kier alpha value is -2.09. The number of aromatic amines is 1. The molecule has 26 heavy (non-hydrogen) atoms. The summed E-state index contributed by atoms with van der Waals surface area (Å²) in [6, 6.07) is 1.94. The number of ether oxygens (including phenoxy) is 2. The number of alkyl carbamates (subject to hydrolysis) is 1. The number of nitrogens with one attached hydrogen (secondary N) is 3. The van der Waals surface area contributed by atoms with Gasteiger partial charge in [-0.05, 0) is 46.0 Å². The lowest BCUT2D eigenvalue weighted by Crippen LogP contribution is -2.33. The zero-order valence-corrected chi connectivity index (χ0v) is 15.4. The van der Waals surface area contributed by atoms with Gasteiger partial charge in [0.2, 0.25) is 5.91 Å². The molecule has 3 rings (SSSR count). The van der Waals surface area contributed by atoms with Crippen LogP contribution in [0.15, 0.2) is 6.07 Å². The predicted molar refractivity (Wildman–Crippen MR) is 95.9 cm³/mol. The summed E-state index contributed by atoms with van der Waals surface area (Å²) in [5, 5.41) is 12.8. The van der Waals surface area contributed by atoms with Crippen molar-refractivity contribution in [2.45, 2.75) is 64.0 Å². The van der Waals surface area contributed by atoms with Gasteiger partial charge in [-0.2, -0.15) is 5.10 Å². The van der Waals surface area contributed by atoms with Crippen molar-refractivity contribution in [3.05, 3.63) is 11.8 Å². The second-order valence-corrected chi connectivity index (χ2v) is 7.45. The fraction of sp³-hybridized carbons (Fsp3) is 0.722. The summed E-state index contributed by atoms with van der Waals surface area (Å²) in [5.41, 5.74) is 0.968. The van der Waals surface area contributed by atoms with E-state index >= 15 is 0 Å². The Morgan fingerprint density at radius 3 is 2.92 bits per heavy atom. The number of aromatic nitrogens is 2. The highest BCUT2D eigenvalue weighted by Gasteiger charge is 2.30. The lowest BCUT2D eigenvalue weighted by Gasteiger charge is -2.20. The maximum absolute atomic E-state index is 12.2. The highest BCUT2D eigenvalue weighted by atomic mass is 16.6. The van der Waals surface area contributed by atoms with Crippen LogP contribution < -0.4 is 10.6 Å². The highest BCUT2D eigenvalue weighted by Crippen LogP contribution is 2.35. The molecule has 1 saturated carbocycles. The molecule has 1 aromatic heterocycles. The first kappa shape index (κ1) is 18.7. The molecule has 1 aliphatic heterocycles. The van der Waals surface area contributed by atoms with Gasteiger partial charge in [-0.1, -0.05) is 0 Å². The van der Waals surface area contributed by atoms with Crippen LogP contribution in [0.1, 0.15) is 57.6 Å². The van der Waals surface area contributed by atoms with Crippen LogP contribution in [0.4, 0.5) is 10.6 Å². The number of carbonyl (C=O) groups excluding carboxylic acids is 2. The van der Waals surface area contributed by atoms with Crippen molar-refractivity contribution in [2.24, 2.45) is 5.92 Å². The summed E-state index contributed by atoms with van der Waals surface area (Å²) < 4.78 is 10.8. The van der Waals surface area contributed by atoms with Gasteiger partial charge in [0.05, 0.1) is 12.5 Å². The van der Waals surface area contributed by atoms with Gasteiger partial charge in [0.25, 0.3) is 0 Å². The average molecular weight is 364 g/mol. The number of carbonyl (C=O) groups is 2. The van der Waals surface area contributed by atoms with Crippen LogP contribution in [0, 0.1) is 5.92 Å². The van der Waals surface area contributed by atoms with Crippen LogP contribution in [0.2, 0.25) is 0 Å². The summed E-state index contributed by atoms with van der Waals surface area (Å²) in [5.74, 6) is 0.647. The predicted octanol–water partition coefficient (Wildman–Crippen LogP) is 2.55. The van der Waals surface area contributed by atoms with Crippen LogP contribution in [0.3, 0.4) is 0 Å². The summed E-state index contributed by atoms with van der Waals surface area (Å²) >= 11 is 0. The Labute approximate surface area is 153 Å². The molecule has 0 radical (unpaired) electrons. The molecule has 2 fully saturated rings. The molecule has 2 aliphatic rings. The average Bonchev–Trinajstić information content (AvgIpc) is 3.24. The minimum atomic E-state index is -0.363. The van der Waals surface area contributed by atoms with Gasteiger partial charge in [-0.25, -0.2) is 4.79 Å². The number of rotatable bonds is 5.